The van der Waals surface area contributed by atoms with Gasteiger partial charge in [0.1, 0.15) is 6.10 Å². The zero-order valence-corrected chi connectivity index (χ0v) is 5.52. The Morgan fingerprint density at radius 2 is 2.18 bits per heavy atom. The summed E-state index contributed by atoms with van der Waals surface area (Å²) in [5.41, 5.74) is -0.280. The van der Waals surface area contributed by atoms with Crippen molar-refractivity contribution in [3.05, 3.63) is 23.8 Å². The molecule has 0 aromatic carbocycles. The Bertz CT molecular complexity index is 262. The highest BCUT2D eigenvalue weighted by Crippen LogP contribution is 2.09. The highest BCUT2D eigenvalue weighted by atomic mass is 16.4. The number of aliphatic carboxylic acids is 1. The van der Waals surface area contributed by atoms with Gasteiger partial charge in [0.05, 0.1) is 5.57 Å². The van der Waals surface area contributed by atoms with E-state index in [4.69, 9.17) is 10.2 Å². The van der Waals surface area contributed by atoms with Crippen LogP contribution in [0, 0.1) is 0 Å². The fourth-order valence-corrected chi connectivity index (χ4v) is 0.770. The average molecular weight is 154 g/mol. The van der Waals surface area contributed by atoms with Gasteiger partial charge in [-0.3, -0.25) is 4.79 Å². The minimum Gasteiger partial charge on any atom is -0.478 e. The Labute approximate surface area is 62.5 Å². The van der Waals surface area contributed by atoms with Crippen molar-refractivity contribution in [2.45, 2.75) is 6.10 Å². The SMILES string of the molecule is O=C(O)C1=CC=CC(=O)C1O. The number of rotatable bonds is 1. The molecule has 0 spiro atoms. The van der Waals surface area contributed by atoms with E-state index >= 15 is 0 Å². The van der Waals surface area contributed by atoms with Crippen LogP contribution in [0.4, 0.5) is 0 Å². The molecule has 0 fully saturated rings. The Morgan fingerprint density at radius 1 is 1.55 bits per heavy atom. The number of aliphatic hydroxyl groups is 1. The minimum absolute atomic E-state index is 0.280. The Balaban J connectivity index is 2.96. The van der Waals surface area contributed by atoms with Crippen molar-refractivity contribution in [2.75, 3.05) is 0 Å². The van der Waals surface area contributed by atoms with Crippen LogP contribution in [0.3, 0.4) is 0 Å². The van der Waals surface area contributed by atoms with Gasteiger partial charge in [0, 0.05) is 0 Å². The van der Waals surface area contributed by atoms with Gasteiger partial charge in [-0.05, 0) is 12.2 Å². The molecule has 1 aliphatic carbocycles. The van der Waals surface area contributed by atoms with Gasteiger partial charge in [-0.25, -0.2) is 4.79 Å². The summed E-state index contributed by atoms with van der Waals surface area (Å²) in [5.74, 6) is -1.86. The highest BCUT2D eigenvalue weighted by molar-refractivity contribution is 6.05. The molecule has 1 aliphatic rings. The van der Waals surface area contributed by atoms with E-state index < -0.39 is 17.9 Å². The predicted molar refractivity (Wildman–Crippen MR) is 35.9 cm³/mol. The van der Waals surface area contributed by atoms with Crippen molar-refractivity contribution in [1.82, 2.24) is 0 Å². The molecule has 2 N–H and O–H groups in total. The van der Waals surface area contributed by atoms with Gasteiger partial charge >= 0.3 is 5.97 Å². The van der Waals surface area contributed by atoms with Crippen LogP contribution in [-0.2, 0) is 9.59 Å². The molecule has 4 nitrogen and oxygen atoms in total. The summed E-state index contributed by atoms with van der Waals surface area (Å²) in [6.07, 6.45) is 2.14. The summed E-state index contributed by atoms with van der Waals surface area (Å²) in [6, 6.07) is 0. The molecular weight excluding hydrogens is 148 g/mol. The molecule has 0 heterocycles. The first-order valence-corrected chi connectivity index (χ1v) is 2.96. The Kier molecular flexibility index (Phi) is 1.87. The lowest BCUT2D eigenvalue weighted by Crippen LogP contribution is -2.27. The maximum Gasteiger partial charge on any atom is 0.334 e. The second kappa shape index (κ2) is 2.67. The fourth-order valence-electron chi connectivity index (χ4n) is 0.770. The standard InChI is InChI=1S/C7H6O4/c8-5-3-1-2-4(6(5)9)7(10)11/h1-3,6,9H,(H,10,11). The first kappa shape index (κ1) is 7.68. The lowest BCUT2D eigenvalue weighted by Gasteiger charge is -2.09. The van der Waals surface area contributed by atoms with Crippen LogP contribution in [-0.4, -0.2) is 28.1 Å². The zero-order valence-electron chi connectivity index (χ0n) is 5.52. The fraction of sp³-hybridized carbons (Fsp3) is 0.143. The van der Waals surface area contributed by atoms with Crippen molar-refractivity contribution in [2.24, 2.45) is 0 Å². The third-order valence-electron chi connectivity index (χ3n) is 1.35. The number of ketones is 1. The number of carbonyl (C=O) groups is 2. The van der Waals surface area contributed by atoms with Gasteiger partial charge < -0.3 is 10.2 Å². The van der Waals surface area contributed by atoms with Gasteiger partial charge in [0.2, 0.25) is 0 Å². The van der Waals surface area contributed by atoms with Crippen molar-refractivity contribution in [3.8, 4) is 0 Å². The van der Waals surface area contributed by atoms with E-state index in [1.165, 1.54) is 12.2 Å². The molecule has 0 radical (unpaired) electrons. The molecule has 0 aromatic heterocycles. The number of carbonyl (C=O) groups excluding carboxylic acids is 1. The lowest BCUT2D eigenvalue weighted by atomic mass is 10.0. The molecule has 0 saturated heterocycles. The average Bonchev–Trinajstić information content (AvgIpc) is 1.94. The number of carboxylic acid groups (broad SMARTS) is 1. The Morgan fingerprint density at radius 3 is 2.64 bits per heavy atom. The lowest BCUT2D eigenvalue weighted by molar-refractivity contribution is -0.136. The molecular formula is C7H6O4. The van der Waals surface area contributed by atoms with Crippen LogP contribution in [0.25, 0.3) is 0 Å². The quantitative estimate of drug-likeness (QED) is 0.533. The van der Waals surface area contributed by atoms with E-state index in [-0.39, 0.29) is 5.57 Å². The number of allylic oxidation sites excluding steroid dienone is 2. The van der Waals surface area contributed by atoms with Gasteiger partial charge in [-0.2, -0.15) is 0 Å². The first-order chi connectivity index (χ1) is 5.13. The molecule has 0 amide bonds. The number of hydrogen-bond acceptors (Lipinski definition) is 3. The maximum absolute atomic E-state index is 10.7. The molecule has 0 saturated carbocycles. The molecule has 0 aromatic rings. The molecule has 1 rings (SSSR count). The second-order valence-corrected chi connectivity index (χ2v) is 2.09. The van der Waals surface area contributed by atoms with Gasteiger partial charge in [0.25, 0.3) is 0 Å². The van der Waals surface area contributed by atoms with E-state index in [1.54, 1.807) is 0 Å². The van der Waals surface area contributed by atoms with E-state index in [0.29, 0.717) is 0 Å². The summed E-state index contributed by atoms with van der Waals surface area (Å²) in [6.45, 7) is 0. The van der Waals surface area contributed by atoms with Gasteiger partial charge in [-0.15, -0.1) is 0 Å². The summed E-state index contributed by atoms with van der Waals surface area (Å²) in [7, 11) is 0. The third kappa shape index (κ3) is 1.35. The smallest absolute Gasteiger partial charge is 0.334 e. The van der Waals surface area contributed by atoms with E-state index in [2.05, 4.69) is 0 Å². The molecule has 11 heavy (non-hydrogen) atoms. The van der Waals surface area contributed by atoms with E-state index in [9.17, 15) is 9.59 Å². The largest absolute Gasteiger partial charge is 0.478 e. The molecule has 1 unspecified atom stereocenters. The summed E-state index contributed by atoms with van der Waals surface area (Å²) < 4.78 is 0. The molecule has 4 heteroatoms. The number of aliphatic hydroxyl groups excluding tert-OH is 1. The monoisotopic (exact) mass is 154 g/mol. The summed E-state index contributed by atoms with van der Waals surface area (Å²) >= 11 is 0. The molecule has 0 bridgehead atoms. The molecule has 0 aliphatic heterocycles. The van der Waals surface area contributed by atoms with Crippen molar-refractivity contribution >= 4 is 11.8 Å². The first-order valence-electron chi connectivity index (χ1n) is 2.96. The van der Waals surface area contributed by atoms with Crippen LogP contribution in [0.1, 0.15) is 0 Å². The molecule has 58 valence electrons. The number of hydrogen-bond donors (Lipinski definition) is 2. The van der Waals surface area contributed by atoms with Crippen LogP contribution in [0.2, 0.25) is 0 Å². The minimum atomic E-state index is -1.50. The second-order valence-electron chi connectivity index (χ2n) is 2.09. The topological polar surface area (TPSA) is 74.6 Å². The van der Waals surface area contributed by atoms with Crippen LogP contribution in [0.5, 0.6) is 0 Å². The zero-order chi connectivity index (χ0) is 8.43. The van der Waals surface area contributed by atoms with Crippen LogP contribution >= 0.6 is 0 Å². The van der Waals surface area contributed by atoms with Gasteiger partial charge in [-0.1, -0.05) is 6.08 Å². The molecule has 1 atom stereocenters. The van der Waals surface area contributed by atoms with Gasteiger partial charge in [0.15, 0.2) is 5.78 Å². The van der Waals surface area contributed by atoms with Crippen molar-refractivity contribution in [1.29, 1.82) is 0 Å². The maximum atomic E-state index is 10.7. The van der Waals surface area contributed by atoms with E-state index in [0.717, 1.165) is 6.08 Å². The van der Waals surface area contributed by atoms with Crippen molar-refractivity contribution < 1.29 is 19.8 Å². The van der Waals surface area contributed by atoms with Crippen LogP contribution in [0.15, 0.2) is 23.8 Å². The highest BCUT2D eigenvalue weighted by Gasteiger charge is 2.24. The predicted octanol–water partition coefficient (Wildman–Crippen LogP) is -0.503. The third-order valence-corrected chi connectivity index (χ3v) is 1.35. The summed E-state index contributed by atoms with van der Waals surface area (Å²) in [5, 5.41) is 17.4. The Hall–Kier alpha value is -1.42. The van der Waals surface area contributed by atoms with Crippen LogP contribution < -0.4 is 0 Å². The summed E-state index contributed by atoms with van der Waals surface area (Å²) in [4.78, 5) is 21.0. The normalized spacial score (nSPS) is 23.2. The van der Waals surface area contributed by atoms with E-state index in [1.807, 2.05) is 0 Å². The van der Waals surface area contributed by atoms with Crippen molar-refractivity contribution in [3.63, 3.8) is 0 Å². The number of carboxylic acids is 1.